The van der Waals surface area contributed by atoms with Gasteiger partial charge in [0.05, 0.1) is 11.7 Å². The number of hydrogen-bond donors (Lipinski definition) is 0. The van der Waals surface area contributed by atoms with E-state index in [0.717, 1.165) is 42.2 Å². The Balaban J connectivity index is 1.67. The van der Waals surface area contributed by atoms with E-state index in [1.807, 2.05) is 11.0 Å². The van der Waals surface area contributed by atoms with Crippen LogP contribution in [0.25, 0.3) is 0 Å². The van der Waals surface area contributed by atoms with Gasteiger partial charge in [0.1, 0.15) is 16.6 Å². The molecule has 1 aromatic rings. The van der Waals surface area contributed by atoms with Crippen molar-refractivity contribution in [2.75, 3.05) is 11.4 Å². The molecule has 0 amide bonds. The SMILES string of the molecule is C=C1N(c2cc(CC3CCCC3)c(Cl)cc2F)C(=S)C2CCCCN12. The van der Waals surface area contributed by atoms with Crippen molar-refractivity contribution >= 4 is 34.5 Å². The summed E-state index contributed by atoms with van der Waals surface area (Å²) in [5.41, 5.74) is 1.55. The molecule has 1 unspecified atom stereocenters. The molecule has 1 saturated carbocycles. The fraction of sp³-hybridized carbons (Fsp3) is 0.550. The van der Waals surface area contributed by atoms with Crippen LogP contribution in [0, 0.1) is 11.7 Å². The quantitative estimate of drug-likeness (QED) is 0.624. The van der Waals surface area contributed by atoms with Crippen LogP contribution in [0.15, 0.2) is 24.5 Å². The first-order valence-electron chi connectivity index (χ1n) is 9.33. The molecular formula is C20H24ClFN2S. The molecule has 2 heterocycles. The topological polar surface area (TPSA) is 6.48 Å². The lowest BCUT2D eigenvalue weighted by atomic mass is 9.97. The highest BCUT2D eigenvalue weighted by atomic mass is 35.5. The van der Waals surface area contributed by atoms with E-state index >= 15 is 0 Å². The average Bonchev–Trinajstić information content (AvgIpc) is 3.19. The van der Waals surface area contributed by atoms with Gasteiger partial charge in [0.15, 0.2) is 0 Å². The molecule has 134 valence electrons. The minimum atomic E-state index is -0.316. The molecule has 0 aromatic heterocycles. The van der Waals surface area contributed by atoms with Gasteiger partial charge >= 0.3 is 0 Å². The molecule has 0 radical (unpaired) electrons. The Labute approximate surface area is 159 Å². The molecule has 0 spiro atoms. The summed E-state index contributed by atoms with van der Waals surface area (Å²) in [6, 6.07) is 3.55. The highest BCUT2D eigenvalue weighted by Crippen LogP contribution is 2.39. The molecule has 2 aliphatic heterocycles. The molecule has 0 bridgehead atoms. The predicted octanol–water partition coefficient (Wildman–Crippen LogP) is 5.68. The van der Waals surface area contributed by atoms with E-state index in [4.69, 9.17) is 23.8 Å². The minimum absolute atomic E-state index is 0.185. The van der Waals surface area contributed by atoms with E-state index < -0.39 is 0 Å². The van der Waals surface area contributed by atoms with E-state index in [1.54, 1.807) is 0 Å². The number of thiocarbonyl (C=S) groups is 1. The van der Waals surface area contributed by atoms with E-state index in [-0.39, 0.29) is 11.9 Å². The van der Waals surface area contributed by atoms with Crippen molar-refractivity contribution < 1.29 is 4.39 Å². The van der Waals surface area contributed by atoms with Gasteiger partial charge in [-0.1, -0.05) is 56.1 Å². The number of nitrogens with zero attached hydrogens (tertiary/aromatic N) is 2. The Morgan fingerprint density at radius 1 is 1.16 bits per heavy atom. The Kier molecular flexibility index (Phi) is 4.76. The van der Waals surface area contributed by atoms with Crippen molar-refractivity contribution in [3.8, 4) is 0 Å². The first-order valence-corrected chi connectivity index (χ1v) is 10.1. The fourth-order valence-electron chi connectivity index (χ4n) is 4.59. The van der Waals surface area contributed by atoms with Crippen LogP contribution in [0.4, 0.5) is 10.1 Å². The summed E-state index contributed by atoms with van der Waals surface area (Å²) in [6.45, 7) is 5.16. The predicted molar refractivity (Wildman–Crippen MR) is 106 cm³/mol. The molecular weight excluding hydrogens is 355 g/mol. The van der Waals surface area contributed by atoms with Crippen LogP contribution in [-0.4, -0.2) is 22.5 Å². The first-order chi connectivity index (χ1) is 12.1. The zero-order valence-corrected chi connectivity index (χ0v) is 16.0. The summed E-state index contributed by atoms with van der Waals surface area (Å²) in [5.74, 6) is 1.15. The number of rotatable bonds is 3. The van der Waals surface area contributed by atoms with Gasteiger partial charge in [0, 0.05) is 11.6 Å². The van der Waals surface area contributed by atoms with Gasteiger partial charge < -0.3 is 4.90 Å². The summed E-state index contributed by atoms with van der Waals surface area (Å²) < 4.78 is 14.8. The molecule has 25 heavy (non-hydrogen) atoms. The fourth-order valence-corrected chi connectivity index (χ4v) is 5.27. The summed E-state index contributed by atoms with van der Waals surface area (Å²) in [5, 5.41) is 0.529. The van der Waals surface area contributed by atoms with E-state index in [2.05, 4.69) is 11.5 Å². The molecule has 0 N–H and O–H groups in total. The number of halogens is 2. The monoisotopic (exact) mass is 378 g/mol. The van der Waals surface area contributed by atoms with Gasteiger partial charge in [-0.25, -0.2) is 4.39 Å². The second-order valence-electron chi connectivity index (χ2n) is 7.54. The maximum absolute atomic E-state index is 14.8. The summed E-state index contributed by atoms with van der Waals surface area (Å²) in [6.07, 6.45) is 9.33. The lowest BCUT2D eigenvalue weighted by Gasteiger charge is -2.29. The molecule has 4 rings (SSSR count). The number of anilines is 1. The van der Waals surface area contributed by atoms with Crippen LogP contribution in [0.5, 0.6) is 0 Å². The van der Waals surface area contributed by atoms with Crippen molar-refractivity contribution in [1.82, 2.24) is 4.90 Å². The largest absolute Gasteiger partial charge is 0.349 e. The third-order valence-corrected chi connectivity index (χ3v) is 6.74. The molecule has 1 atom stereocenters. The second kappa shape index (κ2) is 6.88. The number of piperidine rings is 1. The number of fused-ring (bicyclic) bond motifs is 1. The van der Waals surface area contributed by atoms with Crippen LogP contribution in [-0.2, 0) is 6.42 Å². The van der Waals surface area contributed by atoms with Crippen molar-refractivity contribution in [1.29, 1.82) is 0 Å². The smallest absolute Gasteiger partial charge is 0.148 e. The highest BCUT2D eigenvalue weighted by Gasteiger charge is 2.40. The minimum Gasteiger partial charge on any atom is -0.349 e. The van der Waals surface area contributed by atoms with Gasteiger partial charge in [-0.3, -0.25) is 4.90 Å². The Morgan fingerprint density at radius 2 is 1.88 bits per heavy atom. The molecule has 5 heteroatoms. The lowest BCUT2D eigenvalue weighted by Crippen LogP contribution is -2.36. The van der Waals surface area contributed by atoms with E-state index in [0.29, 0.717) is 16.6 Å². The summed E-state index contributed by atoms with van der Waals surface area (Å²) in [4.78, 5) is 4.85. The van der Waals surface area contributed by atoms with Crippen molar-refractivity contribution in [3.05, 3.63) is 40.9 Å². The second-order valence-corrected chi connectivity index (χ2v) is 8.37. The Morgan fingerprint density at radius 3 is 2.60 bits per heavy atom. The molecule has 1 aromatic carbocycles. The highest BCUT2D eigenvalue weighted by molar-refractivity contribution is 7.80. The number of benzene rings is 1. The normalized spacial score (nSPS) is 24.3. The maximum Gasteiger partial charge on any atom is 0.148 e. The van der Waals surface area contributed by atoms with Crippen LogP contribution in [0.1, 0.15) is 50.5 Å². The molecule has 2 saturated heterocycles. The summed E-state index contributed by atoms with van der Waals surface area (Å²) in [7, 11) is 0. The van der Waals surface area contributed by atoms with Gasteiger partial charge in [0.25, 0.3) is 0 Å². The van der Waals surface area contributed by atoms with E-state index in [1.165, 1.54) is 38.2 Å². The molecule has 1 aliphatic carbocycles. The van der Waals surface area contributed by atoms with Gasteiger partial charge in [0.2, 0.25) is 0 Å². The molecule has 2 nitrogen and oxygen atoms in total. The standard InChI is InChI=1S/C20H24ClFN2S/c1-13-23-9-5-4-8-18(23)20(25)24(13)19-11-15(16(21)12-17(19)22)10-14-6-2-3-7-14/h11-12,14,18H,1-10H2. The lowest BCUT2D eigenvalue weighted by molar-refractivity contribution is 0.264. The van der Waals surface area contributed by atoms with Crippen molar-refractivity contribution in [2.24, 2.45) is 5.92 Å². The zero-order chi connectivity index (χ0) is 17.6. The molecule has 3 aliphatic rings. The average molecular weight is 379 g/mol. The van der Waals surface area contributed by atoms with Crippen LogP contribution < -0.4 is 4.90 Å². The number of hydrogen-bond acceptors (Lipinski definition) is 2. The van der Waals surface area contributed by atoms with Gasteiger partial charge in [-0.15, -0.1) is 0 Å². The molecule has 3 fully saturated rings. The van der Waals surface area contributed by atoms with Crippen molar-refractivity contribution in [2.45, 2.75) is 57.4 Å². The van der Waals surface area contributed by atoms with Gasteiger partial charge in [-0.05, 0) is 49.3 Å². The third kappa shape index (κ3) is 3.08. The Hall–Kier alpha value is -1.13. The Bertz CT molecular complexity index is 690. The zero-order valence-electron chi connectivity index (χ0n) is 14.4. The van der Waals surface area contributed by atoms with Gasteiger partial charge in [-0.2, -0.15) is 0 Å². The first kappa shape index (κ1) is 17.3. The van der Waals surface area contributed by atoms with Crippen LogP contribution in [0.3, 0.4) is 0 Å². The van der Waals surface area contributed by atoms with E-state index in [9.17, 15) is 4.39 Å². The van der Waals surface area contributed by atoms with Crippen LogP contribution >= 0.6 is 23.8 Å². The summed E-state index contributed by atoms with van der Waals surface area (Å²) >= 11 is 12.1. The maximum atomic E-state index is 14.8. The third-order valence-electron chi connectivity index (χ3n) is 5.94. The van der Waals surface area contributed by atoms with Crippen molar-refractivity contribution in [3.63, 3.8) is 0 Å². The van der Waals surface area contributed by atoms with Crippen LogP contribution in [0.2, 0.25) is 5.02 Å².